The summed E-state index contributed by atoms with van der Waals surface area (Å²) in [6.45, 7) is 0.697. The Labute approximate surface area is 105 Å². The fourth-order valence-electron chi connectivity index (χ4n) is 2.11. The lowest BCUT2D eigenvalue weighted by molar-refractivity contribution is 0.794. The molecule has 4 nitrogen and oxygen atoms in total. The first-order chi connectivity index (χ1) is 8.86. The van der Waals surface area contributed by atoms with Crippen LogP contribution in [0.5, 0.6) is 0 Å². The number of aromatic amines is 2. The van der Waals surface area contributed by atoms with Gasteiger partial charge in [-0.15, -0.1) is 0 Å². The molecule has 0 bridgehead atoms. The molecule has 0 aliphatic carbocycles. The number of nitrogens with two attached hydrogens (primary N) is 1. The average molecular weight is 240 g/mol. The SMILES string of the molecule is NCCCc1ncc(-c2cc3ccccc3[nH]2)[nH]1. The molecule has 0 amide bonds. The molecule has 3 rings (SSSR count). The molecule has 18 heavy (non-hydrogen) atoms. The second kappa shape index (κ2) is 4.66. The molecule has 0 saturated heterocycles. The standard InChI is InChI=1S/C14H16N4/c15-7-3-6-14-16-9-13(18-14)12-8-10-4-1-2-5-11(10)17-12/h1-2,4-5,8-9,17H,3,6-7,15H2,(H,16,18). The zero-order valence-corrected chi connectivity index (χ0v) is 10.1. The van der Waals surface area contributed by atoms with E-state index >= 15 is 0 Å². The predicted octanol–water partition coefficient (Wildman–Crippen LogP) is 2.45. The van der Waals surface area contributed by atoms with Gasteiger partial charge in [-0.25, -0.2) is 4.98 Å². The van der Waals surface area contributed by atoms with E-state index in [0.29, 0.717) is 6.54 Å². The Balaban J connectivity index is 1.91. The van der Waals surface area contributed by atoms with Gasteiger partial charge in [0.15, 0.2) is 0 Å². The highest BCUT2D eigenvalue weighted by Gasteiger charge is 2.06. The van der Waals surface area contributed by atoms with Crippen molar-refractivity contribution in [1.82, 2.24) is 15.0 Å². The highest BCUT2D eigenvalue weighted by atomic mass is 14.9. The molecule has 0 fully saturated rings. The maximum atomic E-state index is 5.50. The fourth-order valence-corrected chi connectivity index (χ4v) is 2.11. The smallest absolute Gasteiger partial charge is 0.106 e. The summed E-state index contributed by atoms with van der Waals surface area (Å²) in [6, 6.07) is 10.4. The number of aryl methyl sites for hydroxylation is 1. The van der Waals surface area contributed by atoms with Gasteiger partial charge in [0.2, 0.25) is 0 Å². The number of hydrogen-bond acceptors (Lipinski definition) is 2. The highest BCUT2D eigenvalue weighted by molar-refractivity contribution is 5.85. The third-order valence-electron chi connectivity index (χ3n) is 3.07. The minimum atomic E-state index is 0.697. The average Bonchev–Trinajstić information content (AvgIpc) is 3.02. The van der Waals surface area contributed by atoms with Gasteiger partial charge in [-0.1, -0.05) is 18.2 Å². The summed E-state index contributed by atoms with van der Waals surface area (Å²) < 4.78 is 0. The van der Waals surface area contributed by atoms with Crippen LogP contribution in [0.3, 0.4) is 0 Å². The highest BCUT2D eigenvalue weighted by Crippen LogP contribution is 2.22. The van der Waals surface area contributed by atoms with Crippen LogP contribution in [0.4, 0.5) is 0 Å². The zero-order chi connectivity index (χ0) is 12.4. The third kappa shape index (κ3) is 2.02. The number of benzene rings is 1. The lowest BCUT2D eigenvalue weighted by Gasteiger charge is -1.93. The number of nitrogens with zero attached hydrogens (tertiary/aromatic N) is 1. The molecule has 0 aliphatic rings. The molecule has 92 valence electrons. The summed E-state index contributed by atoms with van der Waals surface area (Å²) >= 11 is 0. The van der Waals surface area contributed by atoms with E-state index in [2.05, 4.69) is 33.2 Å². The van der Waals surface area contributed by atoms with E-state index < -0.39 is 0 Å². The Hall–Kier alpha value is -2.07. The van der Waals surface area contributed by atoms with E-state index in [1.807, 2.05) is 18.3 Å². The minimum Gasteiger partial charge on any atom is -0.353 e. The van der Waals surface area contributed by atoms with E-state index in [0.717, 1.165) is 35.6 Å². The number of fused-ring (bicyclic) bond motifs is 1. The molecule has 0 atom stereocenters. The van der Waals surface area contributed by atoms with Crippen molar-refractivity contribution in [3.8, 4) is 11.4 Å². The molecule has 4 N–H and O–H groups in total. The Morgan fingerprint density at radius 1 is 1.11 bits per heavy atom. The molecular weight excluding hydrogens is 224 g/mol. The molecule has 0 unspecified atom stereocenters. The molecule has 2 heterocycles. The summed E-state index contributed by atoms with van der Waals surface area (Å²) in [4.78, 5) is 11.1. The topological polar surface area (TPSA) is 70.5 Å². The van der Waals surface area contributed by atoms with Gasteiger partial charge in [0.1, 0.15) is 5.82 Å². The first-order valence-corrected chi connectivity index (χ1v) is 6.19. The normalized spacial score (nSPS) is 11.2. The van der Waals surface area contributed by atoms with Crippen LogP contribution in [0.15, 0.2) is 36.5 Å². The molecular formula is C14H16N4. The number of imidazole rings is 1. The van der Waals surface area contributed by atoms with Crippen molar-refractivity contribution in [3.05, 3.63) is 42.4 Å². The maximum Gasteiger partial charge on any atom is 0.106 e. The summed E-state index contributed by atoms with van der Waals surface area (Å²) in [5.74, 6) is 0.995. The first kappa shape index (κ1) is 11.0. The van der Waals surface area contributed by atoms with Gasteiger partial charge in [0, 0.05) is 17.3 Å². The van der Waals surface area contributed by atoms with E-state index in [9.17, 15) is 0 Å². The van der Waals surface area contributed by atoms with Crippen molar-refractivity contribution in [2.75, 3.05) is 6.54 Å². The van der Waals surface area contributed by atoms with Crippen LogP contribution in [-0.4, -0.2) is 21.5 Å². The minimum absolute atomic E-state index is 0.697. The Bertz CT molecular complexity index is 617. The van der Waals surface area contributed by atoms with E-state index in [1.54, 1.807) is 0 Å². The molecule has 1 aromatic carbocycles. The van der Waals surface area contributed by atoms with Gasteiger partial charge in [-0.2, -0.15) is 0 Å². The first-order valence-electron chi connectivity index (χ1n) is 6.19. The van der Waals surface area contributed by atoms with Crippen LogP contribution >= 0.6 is 0 Å². The van der Waals surface area contributed by atoms with Crippen LogP contribution in [0.2, 0.25) is 0 Å². The van der Waals surface area contributed by atoms with Gasteiger partial charge in [0.25, 0.3) is 0 Å². The monoisotopic (exact) mass is 240 g/mol. The molecule has 0 aliphatic heterocycles. The van der Waals surface area contributed by atoms with Gasteiger partial charge < -0.3 is 15.7 Å². The summed E-state index contributed by atoms with van der Waals surface area (Å²) in [6.07, 6.45) is 3.73. The Kier molecular flexibility index (Phi) is 2.86. The van der Waals surface area contributed by atoms with Gasteiger partial charge >= 0.3 is 0 Å². The molecule has 4 heteroatoms. The van der Waals surface area contributed by atoms with Crippen LogP contribution in [0.25, 0.3) is 22.3 Å². The van der Waals surface area contributed by atoms with Crippen molar-refractivity contribution in [3.63, 3.8) is 0 Å². The largest absolute Gasteiger partial charge is 0.353 e. The van der Waals surface area contributed by atoms with Crippen molar-refractivity contribution in [2.45, 2.75) is 12.8 Å². The number of para-hydroxylation sites is 1. The molecule has 0 radical (unpaired) electrons. The summed E-state index contributed by atoms with van der Waals surface area (Å²) in [5, 5.41) is 1.21. The van der Waals surface area contributed by atoms with Crippen molar-refractivity contribution < 1.29 is 0 Å². The fraction of sp³-hybridized carbons (Fsp3) is 0.214. The predicted molar refractivity (Wildman–Crippen MR) is 73.3 cm³/mol. The van der Waals surface area contributed by atoms with Crippen molar-refractivity contribution >= 4 is 10.9 Å². The number of hydrogen-bond donors (Lipinski definition) is 3. The summed E-state index contributed by atoms with van der Waals surface area (Å²) in [7, 11) is 0. The lowest BCUT2D eigenvalue weighted by Crippen LogP contribution is -2.01. The lowest BCUT2D eigenvalue weighted by atomic mass is 10.2. The van der Waals surface area contributed by atoms with Crippen LogP contribution in [0, 0.1) is 0 Å². The summed E-state index contributed by atoms with van der Waals surface area (Å²) in [5.41, 5.74) is 8.74. The van der Waals surface area contributed by atoms with Crippen molar-refractivity contribution in [1.29, 1.82) is 0 Å². The molecule has 3 aromatic rings. The number of rotatable bonds is 4. The van der Waals surface area contributed by atoms with Gasteiger partial charge in [0.05, 0.1) is 17.6 Å². The van der Waals surface area contributed by atoms with Crippen LogP contribution in [0.1, 0.15) is 12.2 Å². The Morgan fingerprint density at radius 2 is 2.00 bits per heavy atom. The van der Waals surface area contributed by atoms with E-state index in [4.69, 9.17) is 5.73 Å². The molecule has 2 aromatic heterocycles. The maximum absolute atomic E-state index is 5.50. The number of H-pyrrole nitrogens is 2. The second-order valence-corrected chi connectivity index (χ2v) is 4.41. The van der Waals surface area contributed by atoms with E-state index in [-0.39, 0.29) is 0 Å². The van der Waals surface area contributed by atoms with E-state index in [1.165, 1.54) is 5.39 Å². The van der Waals surface area contributed by atoms with Gasteiger partial charge in [-0.3, -0.25) is 0 Å². The van der Waals surface area contributed by atoms with Crippen LogP contribution < -0.4 is 5.73 Å². The second-order valence-electron chi connectivity index (χ2n) is 4.41. The van der Waals surface area contributed by atoms with Gasteiger partial charge in [-0.05, 0) is 25.1 Å². The van der Waals surface area contributed by atoms with Crippen molar-refractivity contribution in [2.24, 2.45) is 5.73 Å². The number of aromatic nitrogens is 3. The van der Waals surface area contributed by atoms with Crippen LogP contribution in [-0.2, 0) is 6.42 Å². The molecule has 0 spiro atoms. The quantitative estimate of drug-likeness (QED) is 0.655. The third-order valence-corrected chi connectivity index (χ3v) is 3.07. The Morgan fingerprint density at radius 3 is 2.83 bits per heavy atom. The zero-order valence-electron chi connectivity index (χ0n) is 10.1. The number of nitrogens with one attached hydrogen (secondary N) is 2. The molecule has 0 saturated carbocycles.